The van der Waals surface area contributed by atoms with E-state index in [-0.39, 0.29) is 5.97 Å². The molecule has 0 aliphatic heterocycles. The first kappa shape index (κ1) is 16.8. The Morgan fingerprint density at radius 1 is 1.30 bits per heavy atom. The summed E-state index contributed by atoms with van der Waals surface area (Å²) in [5, 5.41) is 0.636. The van der Waals surface area contributed by atoms with Crippen LogP contribution in [0.4, 0.5) is 0 Å². The summed E-state index contributed by atoms with van der Waals surface area (Å²) in [6.07, 6.45) is 0.807. The summed E-state index contributed by atoms with van der Waals surface area (Å²) >= 11 is 5.80. The molecule has 5 heteroatoms. The van der Waals surface area contributed by atoms with Gasteiger partial charge in [-0.3, -0.25) is 0 Å². The molecule has 20 heavy (non-hydrogen) atoms. The van der Waals surface area contributed by atoms with Crippen molar-refractivity contribution in [3.8, 4) is 5.75 Å². The van der Waals surface area contributed by atoms with E-state index in [1.165, 1.54) is 0 Å². The van der Waals surface area contributed by atoms with E-state index in [0.29, 0.717) is 23.8 Å². The molecule has 0 saturated carbocycles. The number of carbonyl (C=O) groups excluding carboxylic acids is 1. The maximum absolute atomic E-state index is 11.9. The molecule has 0 unspecified atom stereocenters. The quantitative estimate of drug-likeness (QED) is 0.546. The van der Waals surface area contributed by atoms with Gasteiger partial charge in [0.25, 0.3) is 0 Å². The third-order valence-corrected chi connectivity index (χ3v) is 2.97. The number of esters is 1. The number of benzene rings is 1. The smallest absolute Gasteiger partial charge is 0.347 e. The maximum Gasteiger partial charge on any atom is 0.347 e. The summed E-state index contributed by atoms with van der Waals surface area (Å²) in [6.45, 7) is 3.20. The Morgan fingerprint density at radius 2 is 1.95 bits per heavy atom. The van der Waals surface area contributed by atoms with Crippen molar-refractivity contribution in [2.24, 2.45) is 0 Å². The van der Waals surface area contributed by atoms with Crippen molar-refractivity contribution in [3.05, 3.63) is 29.3 Å². The van der Waals surface area contributed by atoms with E-state index in [2.05, 4.69) is 4.90 Å². The van der Waals surface area contributed by atoms with Crippen LogP contribution in [0.3, 0.4) is 0 Å². The van der Waals surface area contributed by atoms with Crippen LogP contribution in [0.15, 0.2) is 24.3 Å². The lowest BCUT2D eigenvalue weighted by atomic mass is 10.2. The van der Waals surface area contributed by atoms with Crippen LogP contribution in [0.1, 0.15) is 19.8 Å². The molecule has 112 valence electrons. The molecule has 0 aliphatic rings. The number of hydrogen-bond donors (Lipinski definition) is 0. The number of rotatable bonds is 8. The molecule has 0 saturated heterocycles. The van der Waals surface area contributed by atoms with Crippen LogP contribution >= 0.6 is 11.6 Å². The highest BCUT2D eigenvalue weighted by Crippen LogP contribution is 2.18. The van der Waals surface area contributed by atoms with Crippen LogP contribution in [-0.4, -0.2) is 44.2 Å². The Hall–Kier alpha value is -1.26. The SMILES string of the molecule is CC[C@H](Oc1ccc(Cl)cc1)C(=O)OCCCN(C)C. The first-order valence-corrected chi connectivity index (χ1v) is 7.14. The molecule has 0 aliphatic carbocycles. The van der Waals surface area contributed by atoms with E-state index in [4.69, 9.17) is 21.1 Å². The van der Waals surface area contributed by atoms with Crippen LogP contribution in [0, 0.1) is 0 Å². The molecule has 0 aromatic heterocycles. The predicted octanol–water partition coefficient (Wildman–Crippen LogP) is 2.99. The standard InChI is InChI=1S/C15H22ClNO3/c1-4-14(15(18)19-11-5-10-17(2)3)20-13-8-6-12(16)7-9-13/h6-9,14H,4-5,10-11H2,1-3H3/t14-/m0/s1. The molecule has 0 heterocycles. The Kier molecular flexibility index (Phi) is 7.41. The molecular formula is C15H22ClNO3. The zero-order valence-electron chi connectivity index (χ0n) is 12.3. The largest absolute Gasteiger partial charge is 0.479 e. The van der Waals surface area contributed by atoms with Crippen molar-refractivity contribution < 1.29 is 14.3 Å². The fourth-order valence-corrected chi connectivity index (χ4v) is 1.75. The van der Waals surface area contributed by atoms with Gasteiger partial charge in [0.1, 0.15) is 5.75 Å². The van der Waals surface area contributed by atoms with Crippen molar-refractivity contribution >= 4 is 17.6 Å². The molecule has 0 N–H and O–H groups in total. The molecule has 0 spiro atoms. The number of carbonyl (C=O) groups is 1. The molecular weight excluding hydrogens is 278 g/mol. The monoisotopic (exact) mass is 299 g/mol. The van der Waals surface area contributed by atoms with Gasteiger partial charge in [0.15, 0.2) is 6.10 Å². The fraction of sp³-hybridized carbons (Fsp3) is 0.533. The molecule has 1 aromatic rings. The second-order valence-corrected chi connectivity index (χ2v) is 5.23. The van der Waals surface area contributed by atoms with Crippen molar-refractivity contribution in [1.29, 1.82) is 0 Å². The van der Waals surface area contributed by atoms with E-state index < -0.39 is 6.10 Å². The minimum Gasteiger partial charge on any atom is -0.479 e. The molecule has 1 aromatic carbocycles. The van der Waals surface area contributed by atoms with Crippen molar-refractivity contribution in [2.45, 2.75) is 25.9 Å². The lowest BCUT2D eigenvalue weighted by Gasteiger charge is -2.17. The number of halogens is 1. The normalized spacial score (nSPS) is 12.2. The Morgan fingerprint density at radius 3 is 2.50 bits per heavy atom. The van der Waals surface area contributed by atoms with Crippen LogP contribution in [0.2, 0.25) is 5.02 Å². The third kappa shape index (κ3) is 6.26. The number of nitrogens with zero attached hydrogens (tertiary/aromatic N) is 1. The number of hydrogen-bond acceptors (Lipinski definition) is 4. The van der Waals surface area contributed by atoms with E-state index in [1.54, 1.807) is 24.3 Å². The van der Waals surface area contributed by atoms with Crippen molar-refractivity contribution in [3.63, 3.8) is 0 Å². The number of ether oxygens (including phenoxy) is 2. The topological polar surface area (TPSA) is 38.8 Å². The van der Waals surface area contributed by atoms with Crippen LogP contribution in [-0.2, 0) is 9.53 Å². The zero-order valence-corrected chi connectivity index (χ0v) is 13.0. The summed E-state index contributed by atoms with van der Waals surface area (Å²) in [7, 11) is 3.97. The van der Waals surface area contributed by atoms with Crippen LogP contribution in [0.25, 0.3) is 0 Å². The van der Waals surface area contributed by atoms with Crippen LogP contribution < -0.4 is 4.74 Å². The summed E-state index contributed by atoms with van der Waals surface area (Å²) < 4.78 is 10.8. The van der Waals surface area contributed by atoms with Gasteiger partial charge in [0.2, 0.25) is 0 Å². The van der Waals surface area contributed by atoms with Gasteiger partial charge in [0, 0.05) is 11.6 Å². The highest BCUT2D eigenvalue weighted by molar-refractivity contribution is 6.30. The van der Waals surface area contributed by atoms with E-state index in [1.807, 2.05) is 21.0 Å². The van der Waals surface area contributed by atoms with E-state index in [9.17, 15) is 4.79 Å². The zero-order chi connectivity index (χ0) is 15.0. The maximum atomic E-state index is 11.9. The highest BCUT2D eigenvalue weighted by Gasteiger charge is 2.19. The molecule has 0 bridgehead atoms. The highest BCUT2D eigenvalue weighted by atomic mass is 35.5. The lowest BCUT2D eigenvalue weighted by Crippen LogP contribution is -2.29. The van der Waals surface area contributed by atoms with Gasteiger partial charge in [0.05, 0.1) is 6.61 Å². The summed E-state index contributed by atoms with van der Waals surface area (Å²) in [5.41, 5.74) is 0. The van der Waals surface area contributed by atoms with Gasteiger partial charge < -0.3 is 14.4 Å². The second-order valence-electron chi connectivity index (χ2n) is 4.79. The van der Waals surface area contributed by atoms with Crippen LogP contribution in [0.5, 0.6) is 5.75 Å². The minimum absolute atomic E-state index is 0.318. The molecule has 0 fully saturated rings. The Bertz CT molecular complexity index is 406. The van der Waals surface area contributed by atoms with Gasteiger partial charge in [-0.1, -0.05) is 18.5 Å². The Labute approximate surface area is 125 Å². The van der Waals surface area contributed by atoms with Gasteiger partial charge in [-0.05, 0) is 51.2 Å². The van der Waals surface area contributed by atoms with E-state index >= 15 is 0 Å². The molecule has 0 amide bonds. The predicted molar refractivity (Wildman–Crippen MR) is 80.3 cm³/mol. The average molecular weight is 300 g/mol. The first-order chi connectivity index (χ1) is 9.52. The van der Waals surface area contributed by atoms with Gasteiger partial charge in [-0.15, -0.1) is 0 Å². The molecule has 0 radical (unpaired) electrons. The van der Waals surface area contributed by atoms with Gasteiger partial charge >= 0.3 is 5.97 Å². The molecule has 1 rings (SSSR count). The summed E-state index contributed by atoms with van der Waals surface area (Å²) in [6, 6.07) is 6.94. The van der Waals surface area contributed by atoms with Crippen molar-refractivity contribution in [1.82, 2.24) is 4.90 Å². The summed E-state index contributed by atoms with van der Waals surface area (Å²) in [5.74, 6) is 0.299. The van der Waals surface area contributed by atoms with E-state index in [0.717, 1.165) is 13.0 Å². The van der Waals surface area contributed by atoms with Crippen molar-refractivity contribution in [2.75, 3.05) is 27.2 Å². The molecule has 4 nitrogen and oxygen atoms in total. The third-order valence-electron chi connectivity index (χ3n) is 2.72. The minimum atomic E-state index is -0.574. The first-order valence-electron chi connectivity index (χ1n) is 6.76. The lowest BCUT2D eigenvalue weighted by molar-refractivity contribution is -0.152. The second kappa shape index (κ2) is 8.82. The van der Waals surface area contributed by atoms with Gasteiger partial charge in [-0.25, -0.2) is 4.79 Å². The summed E-state index contributed by atoms with van der Waals surface area (Å²) in [4.78, 5) is 14.0. The fourth-order valence-electron chi connectivity index (χ4n) is 1.62. The average Bonchev–Trinajstić information content (AvgIpc) is 2.42. The Balaban J connectivity index is 2.40. The molecule has 1 atom stereocenters. The van der Waals surface area contributed by atoms with Gasteiger partial charge in [-0.2, -0.15) is 0 Å².